The van der Waals surface area contributed by atoms with Gasteiger partial charge in [-0.3, -0.25) is 9.69 Å². The quantitative estimate of drug-likeness (QED) is 0.624. The molecule has 158 valence electrons. The number of carbonyl (C=O) groups excluding carboxylic acids is 2. The van der Waals surface area contributed by atoms with Crippen molar-refractivity contribution in [3.05, 3.63) is 39.8 Å². The highest BCUT2D eigenvalue weighted by molar-refractivity contribution is 7.16. The van der Waals surface area contributed by atoms with Gasteiger partial charge in [0.2, 0.25) is 5.91 Å². The number of thiophene rings is 1. The lowest BCUT2D eigenvalue weighted by Crippen LogP contribution is -2.30. The Morgan fingerprint density at radius 1 is 1.14 bits per heavy atom. The van der Waals surface area contributed by atoms with Crippen LogP contribution in [-0.4, -0.2) is 51.2 Å². The fourth-order valence-electron chi connectivity index (χ4n) is 2.92. The monoisotopic (exact) mass is 420 g/mol. The molecule has 1 aromatic heterocycles. The predicted molar refractivity (Wildman–Crippen MR) is 114 cm³/mol. The number of amides is 1. The fourth-order valence-corrected chi connectivity index (χ4v) is 3.99. The van der Waals surface area contributed by atoms with Crippen molar-refractivity contribution in [2.45, 2.75) is 27.3 Å². The Balaban J connectivity index is 2.04. The van der Waals surface area contributed by atoms with Crippen molar-refractivity contribution < 1.29 is 23.8 Å². The first kappa shape index (κ1) is 22.7. The number of hydrogen-bond donors (Lipinski definition) is 1. The van der Waals surface area contributed by atoms with Gasteiger partial charge in [-0.15, -0.1) is 11.3 Å². The molecule has 0 unspecified atom stereocenters. The van der Waals surface area contributed by atoms with Gasteiger partial charge in [-0.2, -0.15) is 0 Å². The molecule has 0 radical (unpaired) electrons. The topological polar surface area (TPSA) is 77.1 Å². The number of nitrogens with zero attached hydrogens (tertiary/aromatic N) is 1. The zero-order valence-corrected chi connectivity index (χ0v) is 18.6. The lowest BCUT2D eigenvalue weighted by atomic mass is 10.1. The average molecular weight is 421 g/mol. The van der Waals surface area contributed by atoms with Gasteiger partial charge in [-0.1, -0.05) is 6.07 Å². The molecule has 8 heteroatoms. The number of aryl methyl sites for hydroxylation is 1. The number of anilines is 1. The van der Waals surface area contributed by atoms with Gasteiger partial charge in [0.15, 0.2) is 11.5 Å². The summed E-state index contributed by atoms with van der Waals surface area (Å²) >= 11 is 1.38. The van der Waals surface area contributed by atoms with Crippen LogP contribution in [0, 0.1) is 13.8 Å². The number of rotatable bonds is 9. The van der Waals surface area contributed by atoms with E-state index in [-0.39, 0.29) is 19.1 Å². The van der Waals surface area contributed by atoms with Gasteiger partial charge in [0.1, 0.15) is 5.00 Å². The van der Waals surface area contributed by atoms with Crippen molar-refractivity contribution >= 4 is 28.2 Å². The van der Waals surface area contributed by atoms with E-state index in [9.17, 15) is 9.59 Å². The minimum absolute atomic E-state index is 0.173. The first-order valence-electron chi connectivity index (χ1n) is 9.27. The van der Waals surface area contributed by atoms with E-state index in [1.165, 1.54) is 11.3 Å². The van der Waals surface area contributed by atoms with Crippen LogP contribution >= 0.6 is 11.3 Å². The second-order valence-corrected chi connectivity index (χ2v) is 7.84. The number of methoxy groups -OCH3 is 2. The Morgan fingerprint density at radius 3 is 2.45 bits per heavy atom. The Bertz CT molecular complexity index is 878. The minimum atomic E-state index is -0.414. The van der Waals surface area contributed by atoms with Crippen LogP contribution in [0.4, 0.5) is 5.00 Å². The zero-order valence-electron chi connectivity index (χ0n) is 17.8. The van der Waals surface area contributed by atoms with E-state index in [2.05, 4.69) is 5.32 Å². The van der Waals surface area contributed by atoms with E-state index in [4.69, 9.17) is 14.2 Å². The van der Waals surface area contributed by atoms with Crippen LogP contribution in [0.2, 0.25) is 0 Å². The van der Waals surface area contributed by atoms with E-state index in [1.54, 1.807) is 21.1 Å². The van der Waals surface area contributed by atoms with E-state index in [0.29, 0.717) is 28.6 Å². The summed E-state index contributed by atoms with van der Waals surface area (Å²) in [5.74, 6) is 0.696. The third-order valence-corrected chi connectivity index (χ3v) is 5.55. The van der Waals surface area contributed by atoms with Crippen molar-refractivity contribution in [2.75, 3.05) is 39.7 Å². The maximum absolute atomic E-state index is 12.5. The Hall–Kier alpha value is -2.58. The molecule has 0 fully saturated rings. The normalized spacial score (nSPS) is 10.7. The molecule has 0 bridgehead atoms. The van der Waals surface area contributed by atoms with Crippen LogP contribution in [0.3, 0.4) is 0 Å². The Labute approximate surface area is 175 Å². The second kappa shape index (κ2) is 10.3. The first-order chi connectivity index (χ1) is 13.8. The maximum Gasteiger partial charge on any atom is 0.341 e. The Kier molecular flexibility index (Phi) is 8.04. The van der Waals surface area contributed by atoms with Crippen molar-refractivity contribution in [3.8, 4) is 11.5 Å². The average Bonchev–Trinajstić information content (AvgIpc) is 2.94. The molecule has 0 saturated heterocycles. The molecule has 29 heavy (non-hydrogen) atoms. The van der Waals surface area contributed by atoms with Crippen LogP contribution < -0.4 is 14.8 Å². The third kappa shape index (κ3) is 5.71. The molecule has 1 N–H and O–H groups in total. The maximum atomic E-state index is 12.5. The number of carbonyl (C=O) groups is 2. The highest BCUT2D eigenvalue weighted by Crippen LogP contribution is 2.33. The SMILES string of the molecule is CCOC(=O)c1c(NC(=O)CN(C)Cc2ccc(OC)c(OC)c2)sc(C)c1C. The van der Waals surface area contributed by atoms with Gasteiger partial charge in [-0.25, -0.2) is 4.79 Å². The molecule has 2 rings (SSSR count). The van der Waals surface area contributed by atoms with Gasteiger partial charge in [-0.05, 0) is 51.1 Å². The minimum Gasteiger partial charge on any atom is -0.493 e. The smallest absolute Gasteiger partial charge is 0.341 e. The summed E-state index contributed by atoms with van der Waals surface area (Å²) in [6.45, 7) is 6.55. The van der Waals surface area contributed by atoms with Gasteiger partial charge in [0.25, 0.3) is 0 Å². The number of esters is 1. The lowest BCUT2D eigenvalue weighted by Gasteiger charge is -2.17. The van der Waals surface area contributed by atoms with E-state index in [0.717, 1.165) is 16.0 Å². The van der Waals surface area contributed by atoms with Crippen LogP contribution in [0.25, 0.3) is 0 Å². The van der Waals surface area contributed by atoms with Gasteiger partial charge in [0, 0.05) is 11.4 Å². The number of ether oxygens (including phenoxy) is 3. The summed E-state index contributed by atoms with van der Waals surface area (Å²) in [6.07, 6.45) is 0. The molecule has 0 spiro atoms. The van der Waals surface area contributed by atoms with Gasteiger partial charge < -0.3 is 19.5 Å². The number of nitrogens with one attached hydrogen (secondary N) is 1. The molecular formula is C21H28N2O5S. The van der Waals surface area contributed by atoms with E-state index >= 15 is 0 Å². The number of likely N-dealkylation sites (N-methyl/N-ethyl adjacent to an activating group) is 1. The van der Waals surface area contributed by atoms with Crippen LogP contribution in [0.1, 0.15) is 33.3 Å². The summed E-state index contributed by atoms with van der Waals surface area (Å²) in [4.78, 5) is 27.7. The largest absolute Gasteiger partial charge is 0.493 e. The van der Waals surface area contributed by atoms with Gasteiger partial charge >= 0.3 is 5.97 Å². The molecule has 1 aromatic carbocycles. The molecule has 2 aromatic rings. The highest BCUT2D eigenvalue weighted by atomic mass is 32.1. The third-order valence-electron chi connectivity index (χ3n) is 4.43. The fraction of sp³-hybridized carbons (Fsp3) is 0.429. The molecule has 1 amide bonds. The second-order valence-electron chi connectivity index (χ2n) is 6.62. The molecule has 1 heterocycles. The van der Waals surface area contributed by atoms with E-state index < -0.39 is 5.97 Å². The summed E-state index contributed by atoms with van der Waals surface area (Å²) in [5, 5.41) is 3.39. The standard InChI is InChI=1S/C21H28N2O5S/c1-7-28-21(25)19-13(2)14(3)29-20(19)22-18(24)12-23(4)11-15-8-9-16(26-5)17(10-15)27-6/h8-10H,7,11-12H2,1-6H3,(H,22,24). The molecular weight excluding hydrogens is 392 g/mol. The summed E-state index contributed by atoms with van der Waals surface area (Å²) in [6, 6.07) is 5.66. The lowest BCUT2D eigenvalue weighted by molar-refractivity contribution is -0.117. The van der Waals surface area contributed by atoms with Crippen LogP contribution in [0.5, 0.6) is 11.5 Å². The van der Waals surface area contributed by atoms with Crippen LogP contribution in [0.15, 0.2) is 18.2 Å². The van der Waals surface area contributed by atoms with Crippen molar-refractivity contribution in [3.63, 3.8) is 0 Å². The number of benzene rings is 1. The van der Waals surface area contributed by atoms with Crippen LogP contribution in [-0.2, 0) is 16.1 Å². The molecule has 0 aliphatic heterocycles. The Morgan fingerprint density at radius 2 is 1.83 bits per heavy atom. The van der Waals surface area contributed by atoms with Crippen molar-refractivity contribution in [1.82, 2.24) is 4.90 Å². The molecule has 0 aliphatic carbocycles. The predicted octanol–water partition coefficient (Wildman–Crippen LogP) is 3.63. The number of hydrogen-bond acceptors (Lipinski definition) is 7. The summed E-state index contributed by atoms with van der Waals surface area (Å²) in [5.41, 5.74) is 2.26. The zero-order chi connectivity index (χ0) is 21.6. The molecule has 0 aliphatic rings. The highest BCUT2D eigenvalue weighted by Gasteiger charge is 2.22. The molecule has 0 saturated carbocycles. The first-order valence-corrected chi connectivity index (χ1v) is 10.1. The van der Waals surface area contributed by atoms with Crippen molar-refractivity contribution in [2.24, 2.45) is 0 Å². The molecule has 7 nitrogen and oxygen atoms in total. The molecule has 0 atom stereocenters. The van der Waals surface area contributed by atoms with E-state index in [1.807, 2.05) is 44.0 Å². The van der Waals surface area contributed by atoms with Gasteiger partial charge in [0.05, 0.1) is 32.9 Å². The summed E-state index contributed by atoms with van der Waals surface area (Å²) < 4.78 is 15.7. The van der Waals surface area contributed by atoms with Crippen molar-refractivity contribution in [1.29, 1.82) is 0 Å². The summed E-state index contributed by atoms with van der Waals surface area (Å²) in [7, 11) is 5.03.